The molecule has 4 heterocycles. The average Bonchev–Trinajstić information content (AvgIpc) is 3.25. The topological polar surface area (TPSA) is 78.4 Å². The van der Waals surface area contributed by atoms with E-state index in [2.05, 4.69) is 15.5 Å². The molecule has 0 saturated carbocycles. The number of halogens is 3. The van der Waals surface area contributed by atoms with Gasteiger partial charge in [0.15, 0.2) is 5.82 Å². The Morgan fingerprint density at radius 1 is 1.16 bits per heavy atom. The number of likely N-dealkylation sites (tertiary alicyclic amines) is 1. The number of hydrogen-bond donors (Lipinski definition) is 1. The van der Waals surface area contributed by atoms with Gasteiger partial charge in [0.05, 0.1) is 17.3 Å². The number of hydrogen-bond acceptors (Lipinski definition) is 6. The number of carbonyl (C=O) groups excluding carboxylic acids is 2. The van der Waals surface area contributed by atoms with Crippen molar-refractivity contribution in [2.24, 2.45) is 0 Å². The van der Waals surface area contributed by atoms with Crippen molar-refractivity contribution in [2.75, 3.05) is 31.1 Å². The second kappa shape index (κ2) is 9.43. The van der Waals surface area contributed by atoms with Gasteiger partial charge in [0.1, 0.15) is 0 Å². The molecule has 2 aliphatic rings. The summed E-state index contributed by atoms with van der Waals surface area (Å²) in [6.07, 6.45) is -2.88. The first-order valence-electron chi connectivity index (χ1n) is 10.6. The van der Waals surface area contributed by atoms with Crippen molar-refractivity contribution < 1.29 is 22.8 Å². The van der Waals surface area contributed by atoms with Gasteiger partial charge >= 0.3 is 6.18 Å². The summed E-state index contributed by atoms with van der Waals surface area (Å²) in [6, 6.07) is 7.52. The molecule has 0 unspecified atom stereocenters. The molecule has 172 valence electrons. The zero-order valence-corrected chi connectivity index (χ0v) is 18.2. The summed E-state index contributed by atoms with van der Waals surface area (Å²) in [7, 11) is 0. The minimum Gasteiger partial charge on any atom is -0.351 e. The fourth-order valence-electron chi connectivity index (χ4n) is 3.99. The van der Waals surface area contributed by atoms with Crippen LogP contribution in [0.4, 0.5) is 19.0 Å². The molecular formula is C21H24F3N5O2S. The van der Waals surface area contributed by atoms with Crippen LogP contribution in [0.5, 0.6) is 0 Å². The minimum atomic E-state index is -4.31. The Morgan fingerprint density at radius 3 is 2.56 bits per heavy atom. The molecule has 2 amide bonds. The monoisotopic (exact) mass is 467 g/mol. The Balaban J connectivity index is 1.22. The Hall–Kier alpha value is -2.69. The van der Waals surface area contributed by atoms with Crippen molar-refractivity contribution in [3.63, 3.8) is 0 Å². The maximum atomic E-state index is 12.6. The summed E-state index contributed by atoms with van der Waals surface area (Å²) in [6.45, 7) is 2.26. The van der Waals surface area contributed by atoms with E-state index in [1.165, 1.54) is 16.2 Å². The number of anilines is 1. The molecule has 0 radical (unpaired) electrons. The molecule has 0 aromatic carbocycles. The van der Waals surface area contributed by atoms with E-state index >= 15 is 0 Å². The normalized spacial score (nSPS) is 17.8. The van der Waals surface area contributed by atoms with Gasteiger partial charge in [-0.3, -0.25) is 9.59 Å². The van der Waals surface area contributed by atoms with Gasteiger partial charge in [0, 0.05) is 43.7 Å². The van der Waals surface area contributed by atoms with Crippen molar-refractivity contribution >= 4 is 29.0 Å². The second-order valence-corrected chi connectivity index (χ2v) is 9.24. The van der Waals surface area contributed by atoms with Crippen molar-refractivity contribution in [3.05, 3.63) is 40.2 Å². The minimum absolute atomic E-state index is 0.0565. The van der Waals surface area contributed by atoms with Gasteiger partial charge in [0.25, 0.3) is 5.91 Å². The van der Waals surface area contributed by atoms with Gasteiger partial charge < -0.3 is 15.1 Å². The van der Waals surface area contributed by atoms with Gasteiger partial charge in [-0.05, 0) is 43.0 Å². The fourth-order valence-corrected chi connectivity index (χ4v) is 5.07. The van der Waals surface area contributed by atoms with Gasteiger partial charge in [-0.1, -0.05) is 0 Å². The van der Waals surface area contributed by atoms with Gasteiger partial charge in [-0.25, -0.2) is 0 Å². The highest BCUT2D eigenvalue weighted by Crippen LogP contribution is 2.33. The maximum Gasteiger partial charge on any atom is 0.389 e. The van der Waals surface area contributed by atoms with Gasteiger partial charge in [0.2, 0.25) is 5.91 Å². The molecule has 2 saturated heterocycles. The number of amides is 2. The molecule has 2 aromatic heterocycles. The second-order valence-electron chi connectivity index (χ2n) is 8.13. The number of nitrogens with zero attached hydrogens (tertiary/aromatic N) is 4. The van der Waals surface area contributed by atoms with Crippen LogP contribution < -0.4 is 10.2 Å². The third-order valence-electron chi connectivity index (χ3n) is 5.82. The van der Waals surface area contributed by atoms with Crippen LogP contribution in [0.15, 0.2) is 30.5 Å². The molecule has 1 N–H and O–H groups in total. The lowest BCUT2D eigenvalue weighted by molar-refractivity contribution is -0.149. The smallest absolute Gasteiger partial charge is 0.351 e. The number of alkyl halides is 3. The summed E-state index contributed by atoms with van der Waals surface area (Å²) >= 11 is 1.44. The van der Waals surface area contributed by atoms with E-state index < -0.39 is 24.9 Å². The van der Waals surface area contributed by atoms with Crippen LogP contribution in [0.3, 0.4) is 0 Å². The summed E-state index contributed by atoms with van der Waals surface area (Å²) < 4.78 is 37.0. The van der Waals surface area contributed by atoms with E-state index in [1.807, 2.05) is 29.2 Å². The van der Waals surface area contributed by atoms with Crippen LogP contribution in [0, 0.1) is 0 Å². The summed E-state index contributed by atoms with van der Waals surface area (Å²) in [4.78, 5) is 29.9. The lowest BCUT2D eigenvalue weighted by atomic mass is 9.95. The first-order valence-corrected chi connectivity index (χ1v) is 11.4. The van der Waals surface area contributed by atoms with Crippen molar-refractivity contribution in [3.8, 4) is 0 Å². The molecule has 2 aromatic rings. The molecule has 11 heteroatoms. The van der Waals surface area contributed by atoms with Gasteiger partial charge in [-0.2, -0.15) is 18.3 Å². The van der Waals surface area contributed by atoms with Crippen molar-refractivity contribution in [1.29, 1.82) is 0 Å². The van der Waals surface area contributed by atoms with Crippen LogP contribution in [0.1, 0.15) is 46.2 Å². The number of carbonyl (C=O) groups is 2. The lowest BCUT2D eigenvalue weighted by Crippen LogP contribution is -2.59. The standard InChI is InChI=1S/C21H24F3N5O2S/c22-21(23,24)8-5-19(30)28-10-6-14(7-11-28)16-3-4-17(32-16)20(31)26-15-12-29(13-15)18-2-1-9-25-27-18/h1-4,9,14-15H,5-8,10-13H2,(H,26,31). The predicted molar refractivity (Wildman–Crippen MR) is 114 cm³/mol. The lowest BCUT2D eigenvalue weighted by Gasteiger charge is -2.39. The number of piperidine rings is 1. The molecule has 0 bridgehead atoms. The number of aromatic nitrogens is 2. The van der Waals surface area contributed by atoms with Crippen LogP contribution in [-0.2, 0) is 4.79 Å². The Morgan fingerprint density at radius 2 is 1.91 bits per heavy atom. The molecule has 2 aliphatic heterocycles. The number of nitrogens with one attached hydrogen (secondary N) is 1. The molecular weight excluding hydrogens is 443 g/mol. The predicted octanol–water partition coefficient (Wildman–Crippen LogP) is 3.21. The summed E-state index contributed by atoms with van der Waals surface area (Å²) in [5, 5.41) is 10.9. The van der Waals surface area contributed by atoms with Crippen LogP contribution >= 0.6 is 11.3 Å². The van der Waals surface area contributed by atoms with E-state index in [1.54, 1.807) is 6.20 Å². The van der Waals surface area contributed by atoms with E-state index in [4.69, 9.17) is 0 Å². The Labute approximate surface area is 187 Å². The molecule has 32 heavy (non-hydrogen) atoms. The quantitative estimate of drug-likeness (QED) is 0.706. The van der Waals surface area contributed by atoms with Crippen LogP contribution in [0.25, 0.3) is 0 Å². The highest BCUT2D eigenvalue weighted by atomic mass is 32.1. The van der Waals surface area contributed by atoms with Crippen LogP contribution in [-0.4, -0.2) is 65.3 Å². The van der Waals surface area contributed by atoms with E-state index in [0.29, 0.717) is 43.9 Å². The first-order chi connectivity index (χ1) is 15.3. The number of thiophene rings is 1. The summed E-state index contributed by atoms with van der Waals surface area (Å²) in [5.74, 6) is 0.455. The third kappa shape index (κ3) is 5.56. The first kappa shape index (κ1) is 22.5. The third-order valence-corrected chi connectivity index (χ3v) is 7.07. The zero-order chi connectivity index (χ0) is 22.7. The van der Waals surface area contributed by atoms with Gasteiger partial charge in [-0.15, -0.1) is 16.4 Å². The average molecular weight is 468 g/mol. The van der Waals surface area contributed by atoms with E-state index in [0.717, 1.165) is 10.7 Å². The largest absolute Gasteiger partial charge is 0.389 e. The zero-order valence-electron chi connectivity index (χ0n) is 17.3. The molecule has 0 aliphatic carbocycles. The fraction of sp³-hybridized carbons (Fsp3) is 0.524. The number of rotatable bonds is 6. The molecule has 7 nitrogen and oxygen atoms in total. The molecule has 2 fully saturated rings. The van der Waals surface area contributed by atoms with Crippen molar-refractivity contribution in [2.45, 2.75) is 43.8 Å². The van der Waals surface area contributed by atoms with E-state index in [9.17, 15) is 22.8 Å². The van der Waals surface area contributed by atoms with Crippen LogP contribution in [0.2, 0.25) is 0 Å². The Bertz CT molecular complexity index is 938. The highest BCUT2D eigenvalue weighted by molar-refractivity contribution is 7.14. The molecule has 0 spiro atoms. The molecule has 4 rings (SSSR count). The SMILES string of the molecule is O=C(NC1CN(c2cccnn2)C1)c1ccc(C2CCN(C(=O)CCC(F)(F)F)CC2)s1. The highest BCUT2D eigenvalue weighted by Gasteiger charge is 2.32. The van der Waals surface area contributed by atoms with Crippen molar-refractivity contribution in [1.82, 2.24) is 20.4 Å². The van der Waals surface area contributed by atoms with E-state index in [-0.39, 0.29) is 17.9 Å². The Kier molecular flexibility index (Phi) is 6.63. The molecule has 0 atom stereocenters. The summed E-state index contributed by atoms with van der Waals surface area (Å²) in [5.41, 5.74) is 0. The maximum absolute atomic E-state index is 12.6.